The number of β-amino-alcohol motifs (C(OH)–C–C–N with tert-alkyl or cyclic N) is 1. The van der Waals surface area contributed by atoms with Gasteiger partial charge in [0.05, 0.1) is 23.9 Å². The predicted octanol–water partition coefficient (Wildman–Crippen LogP) is 3.31. The number of aliphatic hydroxyl groups is 1. The molecule has 3 rings (SSSR count). The van der Waals surface area contributed by atoms with Gasteiger partial charge in [-0.05, 0) is 31.0 Å². The van der Waals surface area contributed by atoms with Gasteiger partial charge in [-0.15, -0.1) is 0 Å². The number of aliphatic hydroxyl groups excluding tert-OH is 1. The number of aromatic nitrogens is 1. The van der Waals surface area contributed by atoms with Gasteiger partial charge in [-0.2, -0.15) is 13.2 Å². The molecule has 1 aromatic carbocycles. The summed E-state index contributed by atoms with van der Waals surface area (Å²) >= 11 is 0. The lowest BCUT2D eigenvalue weighted by molar-refractivity contribution is -0.137. The number of likely N-dealkylation sites (tertiary alicyclic amines) is 1. The molecule has 1 aromatic heterocycles. The van der Waals surface area contributed by atoms with E-state index in [4.69, 9.17) is 4.52 Å². The van der Waals surface area contributed by atoms with Crippen molar-refractivity contribution in [3.05, 3.63) is 52.9 Å². The molecule has 0 aliphatic carbocycles. The highest BCUT2D eigenvalue weighted by Gasteiger charge is 2.35. The molecule has 1 aliphatic heterocycles. The van der Waals surface area contributed by atoms with Crippen molar-refractivity contribution in [3.63, 3.8) is 0 Å². The van der Waals surface area contributed by atoms with Crippen LogP contribution in [0.15, 0.2) is 34.9 Å². The van der Waals surface area contributed by atoms with Crippen LogP contribution in [0.3, 0.4) is 0 Å². The summed E-state index contributed by atoms with van der Waals surface area (Å²) in [7, 11) is 0. The molecule has 0 bridgehead atoms. The number of benzene rings is 1. The van der Waals surface area contributed by atoms with Crippen LogP contribution in [0.1, 0.15) is 35.0 Å². The van der Waals surface area contributed by atoms with Gasteiger partial charge in [0.25, 0.3) is 0 Å². The van der Waals surface area contributed by atoms with Gasteiger partial charge in [-0.1, -0.05) is 17.3 Å². The molecule has 0 unspecified atom stereocenters. The summed E-state index contributed by atoms with van der Waals surface area (Å²) < 4.78 is 43.8. The minimum absolute atomic E-state index is 0.280. The van der Waals surface area contributed by atoms with Crippen LogP contribution in [0.2, 0.25) is 0 Å². The topological polar surface area (TPSA) is 49.5 Å². The summed E-state index contributed by atoms with van der Waals surface area (Å²) in [4.78, 5) is 1.92. The highest BCUT2D eigenvalue weighted by atomic mass is 19.4. The maximum atomic E-state index is 12.9. The van der Waals surface area contributed by atoms with E-state index < -0.39 is 17.8 Å². The zero-order chi connectivity index (χ0) is 16.6. The van der Waals surface area contributed by atoms with E-state index in [0.717, 1.165) is 17.8 Å². The fourth-order valence-electron chi connectivity index (χ4n) is 3.01. The molecule has 23 heavy (non-hydrogen) atoms. The van der Waals surface area contributed by atoms with E-state index in [1.807, 2.05) is 4.90 Å². The Labute approximate surface area is 131 Å². The van der Waals surface area contributed by atoms with Crippen LogP contribution in [0.4, 0.5) is 13.2 Å². The highest BCUT2D eigenvalue weighted by molar-refractivity contribution is 5.29. The molecule has 0 amide bonds. The SMILES string of the molecule is Cc1cc(CN2C[C@H](O)C[C@@H]2c2cccc(C(F)(F)F)c2)on1. The monoisotopic (exact) mass is 326 g/mol. The van der Waals surface area contributed by atoms with Crippen LogP contribution in [0.5, 0.6) is 0 Å². The third-order valence-electron chi connectivity index (χ3n) is 4.02. The Hall–Kier alpha value is -1.86. The molecule has 2 aromatic rings. The lowest BCUT2D eigenvalue weighted by Gasteiger charge is -2.23. The zero-order valence-electron chi connectivity index (χ0n) is 12.5. The van der Waals surface area contributed by atoms with Crippen molar-refractivity contribution in [2.45, 2.75) is 38.2 Å². The second-order valence-corrected chi connectivity index (χ2v) is 5.89. The van der Waals surface area contributed by atoms with E-state index in [1.54, 1.807) is 19.1 Å². The van der Waals surface area contributed by atoms with Crippen molar-refractivity contribution >= 4 is 0 Å². The highest BCUT2D eigenvalue weighted by Crippen LogP contribution is 2.36. The Bertz CT molecular complexity index is 684. The zero-order valence-corrected chi connectivity index (χ0v) is 12.5. The molecule has 0 radical (unpaired) electrons. The summed E-state index contributed by atoms with van der Waals surface area (Å²) in [5, 5.41) is 13.7. The maximum Gasteiger partial charge on any atom is 0.416 e. The fraction of sp³-hybridized carbons (Fsp3) is 0.438. The van der Waals surface area contributed by atoms with Crippen LogP contribution in [-0.2, 0) is 12.7 Å². The molecular weight excluding hydrogens is 309 g/mol. The third-order valence-corrected chi connectivity index (χ3v) is 4.02. The van der Waals surface area contributed by atoms with Crippen LogP contribution >= 0.6 is 0 Å². The average molecular weight is 326 g/mol. The molecule has 4 nitrogen and oxygen atoms in total. The Morgan fingerprint density at radius 3 is 2.78 bits per heavy atom. The van der Waals surface area contributed by atoms with Gasteiger partial charge in [0, 0.05) is 18.7 Å². The van der Waals surface area contributed by atoms with Gasteiger partial charge in [0.1, 0.15) is 0 Å². The standard InChI is InChI=1S/C16H17F3N2O2/c1-10-5-14(23-20-10)9-21-8-13(22)7-15(21)11-3-2-4-12(6-11)16(17,18)19/h2-6,13,15,22H,7-9H2,1H3/t13-,15-/m1/s1. The summed E-state index contributed by atoms with van der Waals surface area (Å²) in [6.45, 7) is 2.59. The normalized spacial score (nSPS) is 22.7. The Kier molecular flexibility index (Phi) is 4.16. The minimum atomic E-state index is -4.37. The fourth-order valence-corrected chi connectivity index (χ4v) is 3.01. The number of hydrogen-bond donors (Lipinski definition) is 1. The molecule has 124 valence electrons. The lowest BCUT2D eigenvalue weighted by atomic mass is 10.0. The molecule has 1 fully saturated rings. The van der Waals surface area contributed by atoms with E-state index in [0.29, 0.717) is 30.8 Å². The van der Waals surface area contributed by atoms with Crippen molar-refractivity contribution in [1.82, 2.24) is 10.1 Å². The summed E-state index contributed by atoms with van der Waals surface area (Å²) in [6, 6.07) is 6.78. The molecule has 7 heteroatoms. The van der Waals surface area contributed by atoms with Gasteiger partial charge >= 0.3 is 6.18 Å². The number of hydrogen-bond acceptors (Lipinski definition) is 4. The molecular formula is C16H17F3N2O2. The van der Waals surface area contributed by atoms with E-state index in [9.17, 15) is 18.3 Å². The molecule has 2 atom stereocenters. The molecule has 2 heterocycles. The van der Waals surface area contributed by atoms with Gasteiger partial charge in [-0.3, -0.25) is 4.90 Å². The van der Waals surface area contributed by atoms with Crippen LogP contribution in [0.25, 0.3) is 0 Å². The lowest BCUT2D eigenvalue weighted by Crippen LogP contribution is -2.24. The molecule has 0 spiro atoms. The van der Waals surface area contributed by atoms with Crippen LogP contribution in [-0.4, -0.2) is 27.8 Å². The Morgan fingerprint density at radius 2 is 2.13 bits per heavy atom. The largest absolute Gasteiger partial charge is 0.416 e. The minimum Gasteiger partial charge on any atom is -0.392 e. The Morgan fingerprint density at radius 1 is 1.35 bits per heavy atom. The van der Waals surface area contributed by atoms with E-state index in [2.05, 4.69) is 5.16 Å². The number of aryl methyl sites for hydroxylation is 1. The van der Waals surface area contributed by atoms with E-state index in [1.165, 1.54) is 6.07 Å². The third kappa shape index (κ3) is 3.56. The van der Waals surface area contributed by atoms with E-state index >= 15 is 0 Å². The smallest absolute Gasteiger partial charge is 0.392 e. The van der Waals surface area contributed by atoms with Gasteiger partial charge < -0.3 is 9.63 Å². The molecule has 1 N–H and O–H groups in total. The van der Waals surface area contributed by atoms with E-state index in [-0.39, 0.29) is 6.04 Å². The first-order valence-corrected chi connectivity index (χ1v) is 7.34. The summed E-state index contributed by atoms with van der Waals surface area (Å²) in [5.41, 5.74) is 0.620. The van der Waals surface area contributed by atoms with Crippen molar-refractivity contribution in [3.8, 4) is 0 Å². The first-order chi connectivity index (χ1) is 10.8. The number of rotatable bonds is 3. The average Bonchev–Trinajstić information content (AvgIpc) is 3.04. The second-order valence-electron chi connectivity index (χ2n) is 5.89. The van der Waals surface area contributed by atoms with Crippen molar-refractivity contribution in [2.75, 3.05) is 6.54 Å². The Balaban J connectivity index is 1.84. The van der Waals surface area contributed by atoms with Crippen molar-refractivity contribution in [1.29, 1.82) is 0 Å². The summed E-state index contributed by atoms with van der Waals surface area (Å²) in [5.74, 6) is 0.633. The van der Waals surface area contributed by atoms with Gasteiger partial charge in [-0.25, -0.2) is 0 Å². The van der Waals surface area contributed by atoms with Crippen molar-refractivity contribution < 1.29 is 22.8 Å². The second kappa shape index (κ2) is 5.98. The number of nitrogens with zero attached hydrogens (tertiary/aromatic N) is 2. The first kappa shape index (κ1) is 16.0. The molecule has 0 saturated carbocycles. The molecule has 1 aliphatic rings. The van der Waals surface area contributed by atoms with Gasteiger partial charge in [0.2, 0.25) is 0 Å². The van der Waals surface area contributed by atoms with Crippen LogP contribution in [0, 0.1) is 6.92 Å². The molecule has 1 saturated heterocycles. The summed E-state index contributed by atoms with van der Waals surface area (Å²) in [6.07, 6.45) is -4.55. The van der Waals surface area contributed by atoms with Crippen LogP contribution < -0.4 is 0 Å². The number of halogens is 3. The first-order valence-electron chi connectivity index (χ1n) is 7.34. The maximum absolute atomic E-state index is 12.9. The van der Waals surface area contributed by atoms with Crippen molar-refractivity contribution in [2.24, 2.45) is 0 Å². The number of alkyl halides is 3. The predicted molar refractivity (Wildman–Crippen MR) is 76.5 cm³/mol. The van der Waals surface area contributed by atoms with Gasteiger partial charge in [0.15, 0.2) is 5.76 Å². The quantitative estimate of drug-likeness (QED) is 0.940.